The first-order chi connectivity index (χ1) is 13.8. The van der Waals surface area contributed by atoms with Gasteiger partial charge in [0, 0.05) is 19.5 Å². The van der Waals surface area contributed by atoms with Crippen LogP contribution in [0.2, 0.25) is 0 Å². The second kappa shape index (κ2) is 12.7. The van der Waals surface area contributed by atoms with E-state index in [1.807, 2.05) is 18.2 Å². The minimum absolute atomic E-state index is 0. The Hall–Kier alpha value is -1.74. The zero-order chi connectivity index (χ0) is 19.6. The van der Waals surface area contributed by atoms with Gasteiger partial charge in [-0.25, -0.2) is 0 Å². The Balaban J connectivity index is 0.00000300. The number of hydrogen-bond donors (Lipinski definition) is 2. The van der Waals surface area contributed by atoms with E-state index in [1.165, 1.54) is 18.4 Å². The molecule has 6 nitrogen and oxygen atoms in total. The van der Waals surface area contributed by atoms with E-state index in [9.17, 15) is 0 Å². The molecule has 1 saturated heterocycles. The standard InChI is InChI=1S/C22H32N4O2.HI/c1-3-23-22(24-12-11-19-10-7-15-28-19)25-17-21(26-13-4-5-14-26)18-8-6-9-20(16-18)27-2;/h6-10,15-16,21H,3-5,11-14,17H2,1-2H3,(H2,23,24,25);1H. The summed E-state index contributed by atoms with van der Waals surface area (Å²) >= 11 is 0. The van der Waals surface area contributed by atoms with Crippen molar-refractivity contribution in [2.75, 3.05) is 39.8 Å². The van der Waals surface area contributed by atoms with Crippen molar-refractivity contribution in [3.05, 3.63) is 54.0 Å². The number of nitrogens with zero attached hydrogens (tertiary/aromatic N) is 2. The highest BCUT2D eigenvalue weighted by molar-refractivity contribution is 14.0. The number of halogens is 1. The van der Waals surface area contributed by atoms with E-state index in [1.54, 1.807) is 13.4 Å². The molecule has 0 bridgehead atoms. The summed E-state index contributed by atoms with van der Waals surface area (Å²) in [4.78, 5) is 7.42. The first-order valence-electron chi connectivity index (χ1n) is 10.2. The van der Waals surface area contributed by atoms with Gasteiger partial charge in [0.2, 0.25) is 0 Å². The molecule has 0 saturated carbocycles. The summed E-state index contributed by atoms with van der Waals surface area (Å²) in [6, 6.07) is 12.6. The van der Waals surface area contributed by atoms with Crippen LogP contribution < -0.4 is 15.4 Å². The third-order valence-electron chi connectivity index (χ3n) is 5.07. The van der Waals surface area contributed by atoms with Crippen molar-refractivity contribution in [3.8, 4) is 5.75 Å². The fourth-order valence-corrected chi connectivity index (χ4v) is 3.61. The fraction of sp³-hybridized carbons (Fsp3) is 0.500. The number of ether oxygens (including phenoxy) is 1. The number of rotatable bonds is 9. The van der Waals surface area contributed by atoms with Crippen LogP contribution in [0, 0.1) is 0 Å². The second-order valence-corrected chi connectivity index (χ2v) is 7.01. The van der Waals surface area contributed by atoms with Crippen LogP contribution in [0.1, 0.15) is 37.1 Å². The van der Waals surface area contributed by atoms with Gasteiger partial charge in [0.25, 0.3) is 0 Å². The maximum atomic E-state index is 5.43. The highest BCUT2D eigenvalue weighted by Gasteiger charge is 2.23. The Kier molecular flexibility index (Phi) is 10.3. The molecular formula is C22H33IN4O2. The Labute approximate surface area is 191 Å². The van der Waals surface area contributed by atoms with Gasteiger partial charge < -0.3 is 19.8 Å². The number of nitrogens with one attached hydrogen (secondary N) is 2. The van der Waals surface area contributed by atoms with Crippen LogP contribution in [0.15, 0.2) is 52.1 Å². The van der Waals surface area contributed by atoms with E-state index in [-0.39, 0.29) is 30.0 Å². The predicted molar refractivity (Wildman–Crippen MR) is 128 cm³/mol. The van der Waals surface area contributed by atoms with Crippen molar-refractivity contribution >= 4 is 29.9 Å². The number of benzene rings is 1. The maximum Gasteiger partial charge on any atom is 0.191 e. The van der Waals surface area contributed by atoms with Gasteiger partial charge in [-0.15, -0.1) is 24.0 Å². The van der Waals surface area contributed by atoms with E-state index in [4.69, 9.17) is 14.1 Å². The molecule has 0 spiro atoms. The van der Waals surface area contributed by atoms with Crippen LogP contribution in [0.25, 0.3) is 0 Å². The number of aliphatic imine (C=N–C) groups is 1. The average molecular weight is 512 g/mol. The Morgan fingerprint density at radius 2 is 2.03 bits per heavy atom. The van der Waals surface area contributed by atoms with Crippen LogP contribution in [0.5, 0.6) is 5.75 Å². The summed E-state index contributed by atoms with van der Waals surface area (Å²) in [7, 11) is 1.72. The van der Waals surface area contributed by atoms with Gasteiger partial charge in [0.1, 0.15) is 11.5 Å². The molecule has 29 heavy (non-hydrogen) atoms. The molecule has 1 aromatic heterocycles. The lowest BCUT2D eigenvalue weighted by molar-refractivity contribution is 0.251. The van der Waals surface area contributed by atoms with Crippen LogP contribution >= 0.6 is 24.0 Å². The monoisotopic (exact) mass is 512 g/mol. The third kappa shape index (κ3) is 7.22. The Morgan fingerprint density at radius 3 is 2.72 bits per heavy atom. The van der Waals surface area contributed by atoms with Crippen LogP contribution in [0.3, 0.4) is 0 Å². The summed E-state index contributed by atoms with van der Waals surface area (Å²) in [5.41, 5.74) is 1.26. The second-order valence-electron chi connectivity index (χ2n) is 7.01. The SMILES string of the molecule is CCNC(=NCC(c1cccc(OC)c1)N1CCCC1)NCCc1ccco1.I. The van der Waals surface area contributed by atoms with Crippen LogP contribution in [-0.2, 0) is 6.42 Å². The minimum Gasteiger partial charge on any atom is -0.497 e. The van der Waals surface area contributed by atoms with E-state index >= 15 is 0 Å². The topological polar surface area (TPSA) is 62.0 Å². The van der Waals surface area contributed by atoms with Gasteiger partial charge in [0.15, 0.2) is 5.96 Å². The minimum atomic E-state index is 0. The van der Waals surface area contributed by atoms with Gasteiger partial charge in [-0.05, 0) is 62.7 Å². The van der Waals surface area contributed by atoms with Gasteiger partial charge in [-0.1, -0.05) is 12.1 Å². The largest absolute Gasteiger partial charge is 0.497 e. The maximum absolute atomic E-state index is 5.43. The third-order valence-corrected chi connectivity index (χ3v) is 5.07. The zero-order valence-electron chi connectivity index (χ0n) is 17.4. The summed E-state index contributed by atoms with van der Waals surface area (Å²) in [6.45, 7) is 6.67. The number of guanidine groups is 1. The molecular weight excluding hydrogens is 479 g/mol. The molecule has 2 N–H and O–H groups in total. The van der Waals surface area contributed by atoms with E-state index in [0.717, 1.165) is 50.1 Å². The quantitative estimate of drug-likeness (QED) is 0.304. The summed E-state index contributed by atoms with van der Waals surface area (Å²) in [5.74, 6) is 2.73. The molecule has 0 radical (unpaired) electrons. The number of furan rings is 1. The first-order valence-corrected chi connectivity index (χ1v) is 10.2. The molecule has 2 heterocycles. The lowest BCUT2D eigenvalue weighted by Gasteiger charge is -2.27. The Bertz CT molecular complexity index is 730. The van der Waals surface area contributed by atoms with Gasteiger partial charge in [-0.2, -0.15) is 0 Å². The summed E-state index contributed by atoms with van der Waals surface area (Å²) < 4.78 is 10.8. The molecule has 1 aliphatic heterocycles. The van der Waals surface area contributed by atoms with E-state index in [2.05, 4.69) is 40.7 Å². The normalized spacial score (nSPS) is 15.6. The molecule has 0 aliphatic carbocycles. The lowest BCUT2D eigenvalue weighted by atomic mass is 10.1. The van der Waals surface area contributed by atoms with Crippen molar-refractivity contribution in [3.63, 3.8) is 0 Å². The van der Waals surface area contributed by atoms with E-state index in [0.29, 0.717) is 6.54 Å². The van der Waals surface area contributed by atoms with Crippen LogP contribution in [0.4, 0.5) is 0 Å². The van der Waals surface area contributed by atoms with Crippen molar-refractivity contribution in [1.82, 2.24) is 15.5 Å². The molecule has 1 unspecified atom stereocenters. The fourth-order valence-electron chi connectivity index (χ4n) is 3.61. The van der Waals surface area contributed by atoms with Crippen molar-refractivity contribution in [1.29, 1.82) is 0 Å². The summed E-state index contributed by atoms with van der Waals surface area (Å²) in [6.07, 6.45) is 5.06. The average Bonchev–Trinajstić information content (AvgIpc) is 3.43. The zero-order valence-corrected chi connectivity index (χ0v) is 19.7. The molecule has 1 aromatic carbocycles. The van der Waals surface area contributed by atoms with Gasteiger partial charge in [0.05, 0.1) is 26.0 Å². The number of hydrogen-bond acceptors (Lipinski definition) is 4. The smallest absolute Gasteiger partial charge is 0.191 e. The highest BCUT2D eigenvalue weighted by atomic mass is 127. The van der Waals surface area contributed by atoms with Gasteiger partial charge in [-0.3, -0.25) is 9.89 Å². The molecule has 1 atom stereocenters. The van der Waals surface area contributed by atoms with Crippen molar-refractivity contribution in [2.24, 2.45) is 4.99 Å². The Morgan fingerprint density at radius 1 is 1.21 bits per heavy atom. The molecule has 3 rings (SSSR count). The number of methoxy groups -OCH3 is 1. The summed E-state index contributed by atoms with van der Waals surface area (Å²) in [5, 5.41) is 6.76. The molecule has 1 aliphatic rings. The van der Waals surface area contributed by atoms with Crippen LogP contribution in [-0.4, -0.2) is 50.7 Å². The lowest BCUT2D eigenvalue weighted by Crippen LogP contribution is -2.39. The molecule has 1 fully saturated rings. The molecule has 160 valence electrons. The first kappa shape index (κ1) is 23.5. The van der Waals surface area contributed by atoms with Gasteiger partial charge >= 0.3 is 0 Å². The van der Waals surface area contributed by atoms with E-state index < -0.39 is 0 Å². The van der Waals surface area contributed by atoms with Crippen molar-refractivity contribution < 1.29 is 9.15 Å². The molecule has 7 heteroatoms. The molecule has 2 aromatic rings. The molecule has 0 amide bonds. The predicted octanol–water partition coefficient (Wildman–Crippen LogP) is 3.84. The highest BCUT2D eigenvalue weighted by Crippen LogP contribution is 2.27. The number of likely N-dealkylation sites (tertiary alicyclic amines) is 1. The van der Waals surface area contributed by atoms with Crippen molar-refractivity contribution in [2.45, 2.75) is 32.2 Å².